The summed E-state index contributed by atoms with van der Waals surface area (Å²) in [4.78, 5) is 4.11. The molecule has 8 heteroatoms. The van der Waals surface area contributed by atoms with Crippen LogP contribution < -0.4 is 4.74 Å². The predicted octanol–water partition coefficient (Wildman–Crippen LogP) is 0.930. The zero-order chi connectivity index (χ0) is 21.8. The molecule has 1 aromatic rings. The third-order valence-corrected chi connectivity index (χ3v) is 6.86. The second kappa shape index (κ2) is 9.92. The molecule has 1 aromatic carbocycles. The Morgan fingerprint density at radius 1 is 1.28 bits per heavy atom. The van der Waals surface area contributed by atoms with Crippen LogP contribution in [0.3, 0.4) is 0 Å². The Labute approximate surface area is 175 Å². The third-order valence-electron chi connectivity index (χ3n) is 4.84. The zero-order valence-corrected chi connectivity index (χ0v) is 19.0. The Kier molecular flexibility index (Phi) is 8.09. The van der Waals surface area contributed by atoms with Gasteiger partial charge in [-0.3, -0.25) is 4.90 Å². The van der Waals surface area contributed by atoms with Gasteiger partial charge in [-0.15, -0.1) is 0 Å². The van der Waals surface area contributed by atoms with Crippen LogP contribution in [0.1, 0.15) is 19.4 Å². The maximum absolute atomic E-state index is 13.3. The molecule has 1 aliphatic heterocycles. The minimum Gasteiger partial charge on any atom is -0.487 e. The Balaban J connectivity index is 2.56. The van der Waals surface area contributed by atoms with Gasteiger partial charge in [-0.05, 0) is 53.3 Å². The van der Waals surface area contributed by atoms with Crippen LogP contribution in [0.25, 0.3) is 0 Å². The lowest BCUT2D eigenvalue weighted by Gasteiger charge is -2.37. The number of ether oxygens (including phenoxy) is 1. The number of aliphatic hydroxyl groups is 1. The molecule has 1 aliphatic rings. The van der Waals surface area contributed by atoms with Gasteiger partial charge in [0.1, 0.15) is 16.7 Å². The van der Waals surface area contributed by atoms with Gasteiger partial charge >= 0.3 is 0 Å². The molecule has 162 valence electrons. The molecule has 0 saturated carbocycles. The van der Waals surface area contributed by atoms with E-state index in [1.165, 1.54) is 4.31 Å². The van der Waals surface area contributed by atoms with Crippen molar-refractivity contribution in [3.8, 4) is 17.6 Å². The molecule has 3 atom stereocenters. The average Bonchev–Trinajstić information content (AvgIpc) is 2.63. The van der Waals surface area contributed by atoms with E-state index in [1.54, 1.807) is 25.1 Å². The van der Waals surface area contributed by atoms with E-state index >= 15 is 0 Å². The van der Waals surface area contributed by atoms with E-state index in [0.29, 0.717) is 24.4 Å². The lowest BCUT2D eigenvalue weighted by molar-refractivity contribution is 0.0812. The van der Waals surface area contributed by atoms with Gasteiger partial charge < -0.3 is 14.7 Å². The first-order chi connectivity index (χ1) is 13.6. The van der Waals surface area contributed by atoms with Crippen LogP contribution in [0.4, 0.5) is 0 Å². The van der Waals surface area contributed by atoms with Crippen molar-refractivity contribution >= 4 is 10.0 Å². The van der Waals surface area contributed by atoms with Crippen LogP contribution in [-0.4, -0.2) is 94.2 Å². The zero-order valence-electron chi connectivity index (χ0n) is 18.2. The third kappa shape index (κ3) is 5.93. The number of hydrogen-bond acceptors (Lipinski definition) is 6. The van der Waals surface area contributed by atoms with Crippen molar-refractivity contribution in [1.82, 2.24) is 14.1 Å². The highest BCUT2D eigenvalue weighted by Gasteiger charge is 2.37. The summed E-state index contributed by atoms with van der Waals surface area (Å²) >= 11 is 0. The largest absolute Gasteiger partial charge is 0.487 e. The van der Waals surface area contributed by atoms with Crippen LogP contribution in [0.5, 0.6) is 5.75 Å². The molecule has 0 aliphatic carbocycles. The molecule has 1 N–H and O–H groups in total. The Hall–Kier alpha value is -1.63. The molecule has 0 unspecified atom stereocenters. The molecule has 0 aromatic heterocycles. The molecular formula is C21H33N3O4S. The summed E-state index contributed by atoms with van der Waals surface area (Å²) in [6.07, 6.45) is -0.197. The molecular weight excluding hydrogens is 390 g/mol. The number of benzene rings is 1. The Bertz CT molecular complexity index is 858. The van der Waals surface area contributed by atoms with Crippen LogP contribution >= 0.6 is 0 Å². The van der Waals surface area contributed by atoms with Crippen molar-refractivity contribution in [2.24, 2.45) is 5.92 Å². The minimum atomic E-state index is -3.81. The highest BCUT2D eigenvalue weighted by Crippen LogP contribution is 2.34. The van der Waals surface area contributed by atoms with Gasteiger partial charge in [0.05, 0.1) is 13.2 Å². The summed E-state index contributed by atoms with van der Waals surface area (Å²) in [6.45, 7) is 5.00. The first-order valence-electron chi connectivity index (χ1n) is 9.78. The van der Waals surface area contributed by atoms with E-state index < -0.39 is 16.1 Å². The van der Waals surface area contributed by atoms with Gasteiger partial charge in [-0.25, -0.2) is 8.42 Å². The molecule has 0 fully saturated rings. The van der Waals surface area contributed by atoms with Gasteiger partial charge in [0.2, 0.25) is 10.0 Å². The molecule has 2 rings (SSSR count). The minimum absolute atomic E-state index is 0.0576. The smallest absolute Gasteiger partial charge is 0.247 e. The van der Waals surface area contributed by atoms with E-state index in [-0.39, 0.29) is 30.1 Å². The Morgan fingerprint density at radius 3 is 2.55 bits per heavy atom. The van der Waals surface area contributed by atoms with E-state index in [9.17, 15) is 13.5 Å². The summed E-state index contributed by atoms with van der Waals surface area (Å²) in [6, 6.07) is 4.45. The van der Waals surface area contributed by atoms with Gasteiger partial charge in [0.25, 0.3) is 0 Å². The van der Waals surface area contributed by atoms with Crippen molar-refractivity contribution in [1.29, 1.82) is 0 Å². The van der Waals surface area contributed by atoms with Crippen LogP contribution in [0.15, 0.2) is 23.1 Å². The number of likely N-dealkylation sites (N-methyl/N-ethyl adjacent to an activating group) is 1. The fourth-order valence-electron chi connectivity index (χ4n) is 3.18. The number of fused-ring (bicyclic) bond motifs is 1. The fraction of sp³-hybridized carbons (Fsp3) is 0.619. The molecule has 0 spiro atoms. The Morgan fingerprint density at radius 2 is 1.97 bits per heavy atom. The highest BCUT2D eigenvalue weighted by atomic mass is 32.2. The maximum atomic E-state index is 13.3. The summed E-state index contributed by atoms with van der Waals surface area (Å²) < 4.78 is 34.3. The fourth-order valence-corrected chi connectivity index (χ4v) is 5.01. The summed E-state index contributed by atoms with van der Waals surface area (Å²) in [5.74, 6) is 6.39. The molecule has 1 heterocycles. The van der Waals surface area contributed by atoms with E-state index in [4.69, 9.17) is 4.74 Å². The second-order valence-corrected chi connectivity index (χ2v) is 10.1. The summed E-state index contributed by atoms with van der Waals surface area (Å²) in [5, 5.41) is 9.65. The van der Waals surface area contributed by atoms with Crippen molar-refractivity contribution in [2.75, 3.05) is 54.4 Å². The molecule has 0 bridgehead atoms. The highest BCUT2D eigenvalue weighted by molar-refractivity contribution is 7.89. The summed E-state index contributed by atoms with van der Waals surface area (Å²) in [7, 11) is 3.99. The maximum Gasteiger partial charge on any atom is 0.247 e. The topological polar surface area (TPSA) is 73.3 Å². The van der Waals surface area contributed by atoms with Gasteiger partial charge in [-0.2, -0.15) is 4.31 Å². The lowest BCUT2D eigenvalue weighted by atomic mass is 10.0. The van der Waals surface area contributed by atoms with E-state index in [1.807, 2.05) is 44.9 Å². The van der Waals surface area contributed by atoms with Crippen molar-refractivity contribution < 1.29 is 18.3 Å². The second-order valence-electron chi connectivity index (χ2n) is 8.20. The SMILES string of the molecule is C[C@H](CO)N1C[C@H](C)[C@H](CN(C)C)Oc2cc(C#CCN(C)C)ccc2S1(=O)=O. The molecule has 0 saturated heterocycles. The van der Waals surface area contributed by atoms with E-state index in [0.717, 1.165) is 0 Å². The first-order valence-corrected chi connectivity index (χ1v) is 11.2. The predicted molar refractivity (Wildman–Crippen MR) is 114 cm³/mol. The lowest BCUT2D eigenvalue weighted by Crippen LogP contribution is -2.49. The van der Waals surface area contributed by atoms with Crippen molar-refractivity contribution in [3.05, 3.63) is 23.8 Å². The number of hydrogen-bond donors (Lipinski definition) is 1. The monoisotopic (exact) mass is 423 g/mol. The van der Waals surface area contributed by atoms with Gasteiger partial charge in [0, 0.05) is 30.6 Å². The number of rotatable bonds is 5. The number of sulfonamides is 1. The normalized spacial score (nSPS) is 22.8. The number of nitrogens with zero attached hydrogens (tertiary/aromatic N) is 3. The average molecular weight is 424 g/mol. The molecule has 29 heavy (non-hydrogen) atoms. The van der Waals surface area contributed by atoms with Crippen molar-refractivity contribution in [2.45, 2.75) is 30.9 Å². The first kappa shape index (κ1) is 23.6. The van der Waals surface area contributed by atoms with Gasteiger partial charge in [0.15, 0.2) is 0 Å². The van der Waals surface area contributed by atoms with E-state index in [2.05, 4.69) is 11.8 Å². The van der Waals surface area contributed by atoms with Crippen LogP contribution in [0.2, 0.25) is 0 Å². The number of aliphatic hydroxyl groups excluding tert-OH is 1. The van der Waals surface area contributed by atoms with Crippen LogP contribution in [0, 0.1) is 17.8 Å². The summed E-state index contributed by atoms with van der Waals surface area (Å²) in [5.41, 5.74) is 0.708. The van der Waals surface area contributed by atoms with Crippen LogP contribution in [-0.2, 0) is 10.0 Å². The quantitative estimate of drug-likeness (QED) is 0.711. The molecule has 0 radical (unpaired) electrons. The van der Waals surface area contributed by atoms with Crippen molar-refractivity contribution in [3.63, 3.8) is 0 Å². The van der Waals surface area contributed by atoms with Gasteiger partial charge in [-0.1, -0.05) is 18.8 Å². The standard InChI is InChI=1S/C21H33N3O4S/c1-16-13-24(17(2)15-25)29(26,27)21-10-9-18(8-7-11-22(3)4)12-19(21)28-20(16)14-23(5)6/h9-10,12,16-17,20,25H,11,13-15H2,1-6H3/t16-,17+,20-/m0/s1. The molecule has 7 nitrogen and oxygen atoms in total. The molecule has 0 amide bonds.